The van der Waals surface area contributed by atoms with Crippen molar-refractivity contribution < 1.29 is 18.0 Å². The first-order valence-electron chi connectivity index (χ1n) is 9.98. The fraction of sp³-hybridized carbons (Fsp3) is 0.0417. The van der Waals surface area contributed by atoms with Crippen molar-refractivity contribution in [3.05, 3.63) is 94.3 Å². The summed E-state index contributed by atoms with van der Waals surface area (Å²) in [6.45, 7) is 1.40. The van der Waals surface area contributed by atoms with Crippen LogP contribution in [0.5, 0.6) is 0 Å². The molecule has 3 aromatic carbocycles. The van der Waals surface area contributed by atoms with Gasteiger partial charge in [0, 0.05) is 32.8 Å². The van der Waals surface area contributed by atoms with E-state index < -0.39 is 15.9 Å². The number of amides is 1. The molecule has 1 aromatic heterocycles. The van der Waals surface area contributed by atoms with Crippen molar-refractivity contribution >= 4 is 55.5 Å². The van der Waals surface area contributed by atoms with Crippen LogP contribution >= 0.6 is 22.9 Å². The Morgan fingerprint density at radius 1 is 0.941 bits per heavy atom. The summed E-state index contributed by atoms with van der Waals surface area (Å²) >= 11 is 7.29. The van der Waals surface area contributed by atoms with Crippen LogP contribution in [0.4, 0.5) is 10.8 Å². The van der Waals surface area contributed by atoms with E-state index in [1.807, 2.05) is 17.5 Å². The topological polar surface area (TPSA) is 105 Å². The number of carbonyl (C=O) groups is 2. The Bertz CT molecular complexity index is 1480. The summed E-state index contributed by atoms with van der Waals surface area (Å²) in [5, 5.41) is 5.52. The first kappa shape index (κ1) is 23.6. The third-order valence-corrected chi connectivity index (χ3v) is 7.18. The number of hydrogen-bond donors (Lipinski definition) is 2. The molecule has 0 bridgehead atoms. The van der Waals surface area contributed by atoms with Crippen LogP contribution in [0.15, 0.2) is 83.1 Å². The van der Waals surface area contributed by atoms with Gasteiger partial charge in [-0.25, -0.2) is 13.4 Å². The Morgan fingerprint density at radius 3 is 2.38 bits per heavy atom. The van der Waals surface area contributed by atoms with E-state index in [1.54, 1.807) is 30.3 Å². The lowest BCUT2D eigenvalue weighted by molar-refractivity contribution is 0.101. The highest BCUT2D eigenvalue weighted by atomic mass is 35.5. The number of Topliss-reactive ketones (excluding diaryl/α,β-unsaturated/α-hetero) is 1. The van der Waals surface area contributed by atoms with Crippen molar-refractivity contribution in [3.8, 4) is 11.3 Å². The summed E-state index contributed by atoms with van der Waals surface area (Å²) in [6.07, 6.45) is 0. The molecule has 7 nitrogen and oxygen atoms in total. The smallest absolute Gasteiger partial charge is 0.261 e. The van der Waals surface area contributed by atoms with Gasteiger partial charge in [0.2, 0.25) is 0 Å². The summed E-state index contributed by atoms with van der Waals surface area (Å²) in [6, 6.07) is 19.0. The van der Waals surface area contributed by atoms with E-state index in [9.17, 15) is 18.0 Å². The minimum Gasteiger partial charge on any atom is -0.298 e. The molecule has 1 heterocycles. The second-order valence-electron chi connectivity index (χ2n) is 7.27. The molecule has 4 rings (SSSR count). The zero-order chi connectivity index (χ0) is 24.3. The Hall–Kier alpha value is -3.53. The fourth-order valence-electron chi connectivity index (χ4n) is 3.08. The van der Waals surface area contributed by atoms with Crippen LogP contribution in [0.3, 0.4) is 0 Å². The molecular formula is C24H18ClN3O4S2. The molecule has 0 saturated carbocycles. The number of rotatable bonds is 7. The predicted molar refractivity (Wildman–Crippen MR) is 134 cm³/mol. The number of ketones is 1. The Morgan fingerprint density at radius 2 is 1.68 bits per heavy atom. The molecule has 10 heteroatoms. The van der Waals surface area contributed by atoms with Crippen LogP contribution in [-0.2, 0) is 10.0 Å². The highest BCUT2D eigenvalue weighted by Crippen LogP contribution is 2.27. The Balaban J connectivity index is 1.45. The van der Waals surface area contributed by atoms with E-state index in [0.29, 0.717) is 21.4 Å². The van der Waals surface area contributed by atoms with Gasteiger partial charge in [-0.15, -0.1) is 11.3 Å². The fourth-order valence-corrected chi connectivity index (χ4v) is 5.04. The van der Waals surface area contributed by atoms with E-state index in [2.05, 4.69) is 15.0 Å². The van der Waals surface area contributed by atoms with Crippen LogP contribution in [0.25, 0.3) is 11.3 Å². The molecule has 0 aliphatic carbocycles. The van der Waals surface area contributed by atoms with Crippen LogP contribution in [0, 0.1) is 0 Å². The molecule has 0 saturated heterocycles. The zero-order valence-corrected chi connectivity index (χ0v) is 20.2. The number of nitrogens with one attached hydrogen (secondary N) is 2. The van der Waals surface area contributed by atoms with Crippen molar-refractivity contribution in [1.82, 2.24) is 4.98 Å². The van der Waals surface area contributed by atoms with E-state index in [-0.39, 0.29) is 21.9 Å². The zero-order valence-electron chi connectivity index (χ0n) is 17.8. The molecular weight excluding hydrogens is 494 g/mol. The molecule has 0 spiro atoms. The summed E-state index contributed by atoms with van der Waals surface area (Å²) in [5.41, 5.74) is 2.46. The Kier molecular flexibility index (Phi) is 6.78. The number of thiazole rings is 1. The molecule has 0 aliphatic heterocycles. The SMILES string of the molecule is CC(=O)c1cccc(NS(=O)(=O)c2ccc(C(=O)Nc3nc(-c4cccc(Cl)c4)cs3)cc2)c1. The van der Waals surface area contributed by atoms with Gasteiger partial charge < -0.3 is 0 Å². The lowest BCUT2D eigenvalue weighted by Gasteiger charge is -2.09. The molecule has 2 N–H and O–H groups in total. The molecule has 0 fully saturated rings. The van der Waals surface area contributed by atoms with Gasteiger partial charge in [0.25, 0.3) is 15.9 Å². The number of aromatic nitrogens is 1. The third kappa shape index (κ3) is 5.51. The molecule has 1 amide bonds. The maximum absolute atomic E-state index is 12.7. The monoisotopic (exact) mass is 511 g/mol. The lowest BCUT2D eigenvalue weighted by Crippen LogP contribution is -2.15. The second kappa shape index (κ2) is 9.76. The summed E-state index contributed by atoms with van der Waals surface area (Å²) in [5.74, 6) is -0.589. The standard InChI is InChI=1S/C24H18ClN3O4S2/c1-15(29)17-4-3-7-20(13-17)28-34(31,32)21-10-8-16(9-11-21)23(30)27-24-26-22(14-33-24)18-5-2-6-19(25)12-18/h2-14,28H,1H3,(H,26,27,30). The van der Waals surface area contributed by atoms with Gasteiger partial charge in [-0.3, -0.25) is 19.6 Å². The van der Waals surface area contributed by atoms with Gasteiger partial charge >= 0.3 is 0 Å². The van der Waals surface area contributed by atoms with Gasteiger partial charge in [-0.2, -0.15) is 0 Å². The minimum absolute atomic E-state index is 0.0187. The number of hydrogen-bond acceptors (Lipinski definition) is 6. The average molecular weight is 512 g/mol. The van der Waals surface area contributed by atoms with Crippen LogP contribution in [0.1, 0.15) is 27.6 Å². The van der Waals surface area contributed by atoms with Crippen LogP contribution < -0.4 is 10.0 Å². The van der Waals surface area contributed by atoms with Gasteiger partial charge in [0.1, 0.15) is 0 Å². The van der Waals surface area contributed by atoms with E-state index in [0.717, 1.165) is 5.56 Å². The minimum atomic E-state index is -3.90. The van der Waals surface area contributed by atoms with Crippen molar-refractivity contribution in [2.45, 2.75) is 11.8 Å². The van der Waals surface area contributed by atoms with Gasteiger partial charge in [0.05, 0.1) is 10.6 Å². The highest BCUT2D eigenvalue weighted by molar-refractivity contribution is 7.92. The van der Waals surface area contributed by atoms with Crippen molar-refractivity contribution in [3.63, 3.8) is 0 Å². The number of anilines is 2. The first-order valence-corrected chi connectivity index (χ1v) is 12.7. The molecule has 172 valence electrons. The third-order valence-electron chi connectivity index (χ3n) is 4.79. The largest absolute Gasteiger partial charge is 0.298 e. The maximum atomic E-state index is 12.7. The molecule has 0 unspecified atom stereocenters. The van der Waals surface area contributed by atoms with Crippen molar-refractivity contribution in [2.24, 2.45) is 0 Å². The van der Waals surface area contributed by atoms with Crippen LogP contribution in [-0.4, -0.2) is 25.1 Å². The number of nitrogens with zero attached hydrogens (tertiary/aromatic N) is 1. The quantitative estimate of drug-likeness (QED) is 0.309. The molecule has 0 atom stereocenters. The van der Waals surface area contributed by atoms with Crippen LogP contribution in [0.2, 0.25) is 5.02 Å². The number of halogens is 1. The van der Waals surface area contributed by atoms with Crippen molar-refractivity contribution in [2.75, 3.05) is 10.0 Å². The normalized spacial score (nSPS) is 11.1. The summed E-state index contributed by atoms with van der Waals surface area (Å²) in [7, 11) is -3.90. The Labute approximate surface area is 205 Å². The summed E-state index contributed by atoms with van der Waals surface area (Å²) in [4.78, 5) is 28.5. The van der Waals surface area contributed by atoms with Crippen molar-refractivity contribution in [1.29, 1.82) is 0 Å². The number of benzene rings is 3. The molecule has 0 radical (unpaired) electrons. The van der Waals surface area contributed by atoms with E-state index in [1.165, 1.54) is 48.6 Å². The molecule has 4 aromatic rings. The lowest BCUT2D eigenvalue weighted by atomic mass is 10.1. The van der Waals surface area contributed by atoms with E-state index in [4.69, 9.17) is 11.6 Å². The van der Waals surface area contributed by atoms with E-state index >= 15 is 0 Å². The first-order chi connectivity index (χ1) is 16.2. The molecule has 0 aliphatic rings. The average Bonchev–Trinajstić information content (AvgIpc) is 3.27. The number of sulfonamides is 1. The van der Waals surface area contributed by atoms with Gasteiger partial charge in [0.15, 0.2) is 10.9 Å². The summed E-state index contributed by atoms with van der Waals surface area (Å²) < 4.78 is 27.8. The maximum Gasteiger partial charge on any atom is 0.261 e. The predicted octanol–water partition coefficient (Wildman–Crippen LogP) is 5.72. The highest BCUT2D eigenvalue weighted by Gasteiger charge is 2.17. The number of carbonyl (C=O) groups excluding carboxylic acids is 2. The van der Waals surface area contributed by atoms with Gasteiger partial charge in [-0.1, -0.05) is 35.9 Å². The second-order valence-corrected chi connectivity index (χ2v) is 10.2. The molecule has 34 heavy (non-hydrogen) atoms. The van der Waals surface area contributed by atoms with Gasteiger partial charge in [-0.05, 0) is 55.5 Å².